The third-order valence-electron chi connectivity index (χ3n) is 6.91. The maximum Gasteiger partial charge on any atom is 0.303 e. The summed E-state index contributed by atoms with van der Waals surface area (Å²) in [5.74, 6) is -0.592. The topological polar surface area (TPSA) is 79.3 Å². The largest absolute Gasteiger partial charge is 0.493 e. The molecule has 3 aromatic rings. The van der Waals surface area contributed by atoms with Crippen LogP contribution >= 0.6 is 0 Å². The summed E-state index contributed by atoms with van der Waals surface area (Å²) >= 11 is 0. The number of carbonyl (C=O) groups is 2. The average Bonchev–Trinajstić information content (AvgIpc) is 3.01. The normalized spacial score (nSPS) is 14.7. The third kappa shape index (κ3) is 9.21. The van der Waals surface area contributed by atoms with E-state index >= 15 is 0 Å². The van der Waals surface area contributed by atoms with Gasteiger partial charge in [0.05, 0.1) is 19.8 Å². The van der Waals surface area contributed by atoms with Crippen LogP contribution in [0, 0.1) is 0 Å². The van der Waals surface area contributed by atoms with Gasteiger partial charge in [-0.1, -0.05) is 60.7 Å². The Balaban J connectivity index is 1.51. The number of ether oxygens (including phenoxy) is 2. The van der Waals surface area contributed by atoms with Gasteiger partial charge in [0.15, 0.2) is 0 Å². The summed E-state index contributed by atoms with van der Waals surface area (Å²) in [6, 6.07) is 24.6. The van der Waals surface area contributed by atoms with Crippen LogP contribution in [0.4, 0.5) is 0 Å². The number of amides is 1. The number of aliphatic carboxylic acids is 1. The molecule has 7 nitrogen and oxygen atoms in total. The second-order valence-corrected chi connectivity index (χ2v) is 9.86. The number of unbranched alkanes of at least 4 members (excludes halogenated alkanes) is 2. The zero-order chi connectivity index (χ0) is 29.8. The van der Waals surface area contributed by atoms with Crippen LogP contribution in [0.2, 0.25) is 0 Å². The van der Waals surface area contributed by atoms with Gasteiger partial charge in [0.2, 0.25) is 0 Å². The summed E-state index contributed by atoms with van der Waals surface area (Å²) in [7, 11) is 0. The molecule has 0 aliphatic carbocycles. The predicted molar refractivity (Wildman–Crippen MR) is 157 cm³/mol. The second-order valence-electron chi connectivity index (χ2n) is 9.86. The van der Waals surface area contributed by atoms with Crippen LogP contribution in [0.1, 0.15) is 50.8 Å². The van der Waals surface area contributed by atoms with Gasteiger partial charge in [-0.2, -0.15) is 0 Å². The minimum absolute atomic E-state index is 0.0462. The fourth-order valence-electron chi connectivity index (χ4n) is 4.64. The van der Waals surface area contributed by atoms with Gasteiger partial charge in [-0.25, -0.2) is 0 Å². The number of nitrogens with zero attached hydrogens (tertiary/aromatic N) is 2. The molecule has 40 heavy (non-hydrogen) atoms. The van der Waals surface area contributed by atoms with Gasteiger partial charge in [0, 0.05) is 53.0 Å². The lowest BCUT2D eigenvalue weighted by molar-refractivity contribution is -0.137. The summed E-state index contributed by atoms with van der Waals surface area (Å²) in [6.45, 7) is 1.79. The zero-order valence-corrected chi connectivity index (χ0v) is 23.0. The summed E-state index contributed by atoms with van der Waals surface area (Å²) < 4.78 is 29.6. The maximum atomic E-state index is 14.0. The first-order valence-electron chi connectivity index (χ1n) is 15.0. The van der Waals surface area contributed by atoms with Crippen molar-refractivity contribution < 1.29 is 26.9 Å². The highest BCUT2D eigenvalue weighted by Gasteiger charge is 2.19. The van der Waals surface area contributed by atoms with Crippen molar-refractivity contribution in [3.8, 4) is 16.9 Å². The molecule has 1 fully saturated rings. The minimum atomic E-state index is -1.92. The number of carboxylic acid groups (broad SMARTS) is 1. The lowest BCUT2D eigenvalue weighted by Gasteiger charge is -2.29. The van der Waals surface area contributed by atoms with Gasteiger partial charge in [-0.15, -0.1) is 0 Å². The van der Waals surface area contributed by atoms with Gasteiger partial charge < -0.3 is 19.5 Å². The molecule has 0 atom stereocenters. The Morgan fingerprint density at radius 2 is 1.57 bits per heavy atom. The Morgan fingerprint density at radius 3 is 2.33 bits per heavy atom. The van der Waals surface area contributed by atoms with E-state index in [0.29, 0.717) is 56.1 Å². The van der Waals surface area contributed by atoms with Crippen molar-refractivity contribution in [2.75, 3.05) is 46.0 Å². The number of rotatable bonds is 15. The van der Waals surface area contributed by atoms with Crippen LogP contribution in [0.3, 0.4) is 0 Å². The van der Waals surface area contributed by atoms with Gasteiger partial charge in [0.25, 0.3) is 5.91 Å². The lowest BCUT2D eigenvalue weighted by atomic mass is 10.0. The van der Waals surface area contributed by atoms with Crippen LogP contribution in [0.25, 0.3) is 11.1 Å². The molecule has 1 heterocycles. The molecule has 1 aliphatic heterocycles. The van der Waals surface area contributed by atoms with Crippen molar-refractivity contribution in [1.82, 2.24) is 9.80 Å². The van der Waals surface area contributed by atoms with E-state index < -0.39 is 12.5 Å². The molecule has 0 aromatic heterocycles. The molecular formula is C33H40N2O5. The average molecular weight is 547 g/mol. The molecule has 7 heteroatoms. The minimum Gasteiger partial charge on any atom is -0.493 e. The number of carboxylic acids is 1. The summed E-state index contributed by atoms with van der Waals surface area (Å²) in [5.41, 5.74) is 3.16. The second kappa shape index (κ2) is 15.8. The zero-order valence-electron chi connectivity index (χ0n) is 25.0. The Morgan fingerprint density at radius 1 is 0.875 bits per heavy atom. The number of carbonyl (C=O) groups excluding carboxylic acids is 1. The molecule has 0 unspecified atom stereocenters. The van der Waals surface area contributed by atoms with Gasteiger partial charge in [-0.05, 0) is 55.0 Å². The Kier molecular flexibility index (Phi) is 10.5. The van der Waals surface area contributed by atoms with E-state index in [-0.39, 0.29) is 25.3 Å². The molecule has 4 rings (SSSR count). The highest BCUT2D eigenvalue weighted by molar-refractivity contribution is 5.94. The fraction of sp³-hybridized carbons (Fsp3) is 0.394. The van der Waals surface area contributed by atoms with E-state index in [0.717, 1.165) is 30.6 Å². The summed E-state index contributed by atoms with van der Waals surface area (Å²) in [4.78, 5) is 28.2. The Labute approximate surface area is 240 Å². The van der Waals surface area contributed by atoms with Crippen molar-refractivity contribution in [3.05, 3.63) is 90.0 Å². The van der Waals surface area contributed by atoms with Crippen LogP contribution in [-0.4, -0.2) is 72.7 Å². The lowest BCUT2D eigenvalue weighted by Crippen LogP contribution is -2.39. The van der Waals surface area contributed by atoms with Crippen LogP contribution in [0.15, 0.2) is 78.9 Å². The van der Waals surface area contributed by atoms with Gasteiger partial charge in [0.1, 0.15) is 5.75 Å². The van der Waals surface area contributed by atoms with E-state index in [9.17, 15) is 9.59 Å². The van der Waals surface area contributed by atoms with E-state index in [1.54, 1.807) is 12.1 Å². The van der Waals surface area contributed by atoms with Crippen molar-refractivity contribution in [1.29, 1.82) is 0 Å². The van der Waals surface area contributed by atoms with E-state index in [4.69, 9.17) is 17.3 Å². The molecular weight excluding hydrogens is 504 g/mol. The SMILES string of the molecule is [2H]C([2H])(CCN1CCOCC1)N(Cc1ccccc1OCCCCCC(=O)O)C(=O)c1ccc(-c2ccccc2)cc1. The molecule has 212 valence electrons. The van der Waals surface area contributed by atoms with Crippen molar-refractivity contribution in [3.63, 3.8) is 0 Å². The number of para-hydroxylation sites is 1. The number of morpholine rings is 1. The predicted octanol–water partition coefficient (Wildman–Crippen LogP) is 5.74. The van der Waals surface area contributed by atoms with Gasteiger partial charge >= 0.3 is 5.97 Å². The Bertz CT molecular complexity index is 1280. The van der Waals surface area contributed by atoms with E-state index in [1.807, 2.05) is 66.7 Å². The van der Waals surface area contributed by atoms with Crippen LogP contribution in [-0.2, 0) is 16.1 Å². The quantitative estimate of drug-likeness (QED) is 0.245. The van der Waals surface area contributed by atoms with Crippen molar-refractivity contribution in [2.45, 2.75) is 38.6 Å². The first kappa shape index (κ1) is 26.5. The molecule has 0 spiro atoms. The maximum absolute atomic E-state index is 14.0. The number of hydrogen-bond donors (Lipinski definition) is 1. The molecule has 1 N–H and O–H groups in total. The number of hydrogen-bond acceptors (Lipinski definition) is 5. The molecule has 1 saturated heterocycles. The third-order valence-corrected chi connectivity index (χ3v) is 6.91. The Hall–Kier alpha value is -3.68. The highest BCUT2D eigenvalue weighted by Crippen LogP contribution is 2.23. The monoisotopic (exact) mass is 546 g/mol. The fourth-order valence-corrected chi connectivity index (χ4v) is 4.64. The molecule has 0 radical (unpaired) electrons. The highest BCUT2D eigenvalue weighted by atomic mass is 16.5. The van der Waals surface area contributed by atoms with Gasteiger partial charge in [-0.3, -0.25) is 14.5 Å². The molecule has 1 amide bonds. The first-order valence-corrected chi connectivity index (χ1v) is 14.0. The summed E-state index contributed by atoms with van der Waals surface area (Å²) in [5, 5.41) is 8.84. The molecule has 3 aromatic carbocycles. The van der Waals surface area contributed by atoms with E-state index in [1.165, 1.54) is 4.90 Å². The van der Waals surface area contributed by atoms with Crippen molar-refractivity contribution in [2.24, 2.45) is 0 Å². The standard InChI is InChI=1S/C33H40N2O5/c36-32(37)14-5-2-8-23-40-31-13-7-6-12-30(31)26-35(20-9-19-34-21-24-39-25-22-34)33(38)29-17-15-28(16-18-29)27-10-3-1-4-11-27/h1,3-4,6-7,10-13,15-18H,2,5,8-9,14,19-26H2,(H,36,37)/i20D2. The molecule has 1 aliphatic rings. The molecule has 0 bridgehead atoms. The smallest absolute Gasteiger partial charge is 0.303 e. The van der Waals surface area contributed by atoms with Crippen molar-refractivity contribution >= 4 is 11.9 Å². The van der Waals surface area contributed by atoms with E-state index in [2.05, 4.69) is 4.90 Å². The number of benzene rings is 3. The van der Waals surface area contributed by atoms with Crippen LogP contribution in [0.5, 0.6) is 5.75 Å². The van der Waals surface area contributed by atoms with Crippen LogP contribution < -0.4 is 4.74 Å². The first-order chi connectivity index (χ1) is 20.3. The molecule has 0 saturated carbocycles. The summed E-state index contributed by atoms with van der Waals surface area (Å²) in [6.07, 6.45) is 2.34.